The number of ether oxygens (including phenoxy) is 2. The van der Waals surface area contributed by atoms with Gasteiger partial charge in [-0.2, -0.15) is 0 Å². The maximum atomic E-state index is 12.8. The highest BCUT2D eigenvalue weighted by Gasteiger charge is 2.23. The van der Waals surface area contributed by atoms with Gasteiger partial charge in [-0.05, 0) is 29.8 Å². The van der Waals surface area contributed by atoms with Gasteiger partial charge in [0.15, 0.2) is 11.0 Å². The monoisotopic (exact) mass is 554 g/mol. The van der Waals surface area contributed by atoms with Crippen LogP contribution in [-0.2, 0) is 22.7 Å². The van der Waals surface area contributed by atoms with Crippen molar-refractivity contribution in [2.45, 2.75) is 18.3 Å². The molecule has 4 rings (SSSR count). The van der Waals surface area contributed by atoms with Crippen molar-refractivity contribution in [3.05, 3.63) is 89.0 Å². The number of nitrogens with zero attached hydrogens (tertiary/aromatic N) is 3. The van der Waals surface area contributed by atoms with Crippen molar-refractivity contribution in [3.63, 3.8) is 0 Å². The number of aromatic nitrogens is 3. The molecule has 0 aliphatic rings. The zero-order valence-electron chi connectivity index (χ0n) is 19.8. The number of amides is 1. The van der Waals surface area contributed by atoms with E-state index in [1.165, 1.54) is 30.2 Å². The zero-order valence-corrected chi connectivity index (χ0v) is 22.2. The van der Waals surface area contributed by atoms with E-state index in [9.17, 15) is 9.59 Å². The van der Waals surface area contributed by atoms with E-state index in [2.05, 4.69) is 22.1 Å². The van der Waals surface area contributed by atoms with Crippen LogP contribution in [0.25, 0.3) is 11.1 Å². The van der Waals surface area contributed by atoms with E-state index in [1.54, 1.807) is 30.3 Å². The van der Waals surface area contributed by atoms with Gasteiger partial charge in [-0.15, -0.1) is 28.1 Å². The molecule has 0 aliphatic carbocycles. The van der Waals surface area contributed by atoms with Crippen LogP contribution in [0.2, 0.25) is 5.02 Å². The number of carbonyl (C=O) groups is 2. The second kappa shape index (κ2) is 12.6. The molecule has 1 N–H and O–H groups in total. The molecule has 37 heavy (non-hydrogen) atoms. The number of nitrogens with one attached hydrogen (secondary N) is 1. The van der Waals surface area contributed by atoms with Crippen molar-refractivity contribution >= 4 is 51.6 Å². The Morgan fingerprint density at radius 2 is 1.92 bits per heavy atom. The van der Waals surface area contributed by atoms with Crippen LogP contribution in [-0.4, -0.2) is 39.5 Å². The Kier molecular flexibility index (Phi) is 8.99. The summed E-state index contributed by atoms with van der Waals surface area (Å²) in [5.74, 6) is 0.504. The van der Waals surface area contributed by atoms with Gasteiger partial charge in [0, 0.05) is 22.5 Å². The molecule has 0 saturated heterocycles. The van der Waals surface area contributed by atoms with Gasteiger partial charge in [0.05, 0.1) is 12.9 Å². The molecule has 8 nitrogen and oxygen atoms in total. The SMILES string of the molecule is C=CCn1c(COc2ccc(Cl)cc2)nnc1SCC(=O)Nc1scc(-c2ccccc2)c1C(=O)OC. The fourth-order valence-electron chi connectivity index (χ4n) is 3.40. The molecule has 2 aromatic heterocycles. The number of esters is 1. The van der Waals surface area contributed by atoms with Gasteiger partial charge in [-0.25, -0.2) is 4.79 Å². The average Bonchev–Trinajstić information content (AvgIpc) is 3.51. The molecular formula is C26H23ClN4O4S2. The lowest BCUT2D eigenvalue weighted by Crippen LogP contribution is -2.16. The second-order valence-electron chi connectivity index (χ2n) is 7.59. The maximum absolute atomic E-state index is 12.8. The summed E-state index contributed by atoms with van der Waals surface area (Å²) >= 11 is 8.42. The van der Waals surface area contributed by atoms with Crippen molar-refractivity contribution < 1.29 is 19.1 Å². The number of hydrogen-bond acceptors (Lipinski definition) is 8. The fourth-order valence-corrected chi connectivity index (χ4v) is 5.27. The van der Waals surface area contributed by atoms with Crippen molar-refractivity contribution in [2.24, 2.45) is 0 Å². The molecule has 11 heteroatoms. The second-order valence-corrected chi connectivity index (χ2v) is 9.85. The Morgan fingerprint density at radius 3 is 2.62 bits per heavy atom. The Labute approximate surface area is 227 Å². The van der Waals surface area contributed by atoms with Crippen LogP contribution >= 0.6 is 34.7 Å². The molecule has 0 atom stereocenters. The summed E-state index contributed by atoms with van der Waals surface area (Å²) < 4.78 is 12.6. The first kappa shape index (κ1) is 26.5. The molecule has 0 radical (unpaired) electrons. The summed E-state index contributed by atoms with van der Waals surface area (Å²) in [5, 5.41) is 14.7. The Hall–Kier alpha value is -3.60. The normalized spacial score (nSPS) is 10.6. The van der Waals surface area contributed by atoms with Crippen molar-refractivity contribution in [2.75, 3.05) is 18.2 Å². The van der Waals surface area contributed by atoms with E-state index < -0.39 is 5.97 Å². The van der Waals surface area contributed by atoms with E-state index in [-0.39, 0.29) is 18.3 Å². The number of benzene rings is 2. The molecule has 190 valence electrons. The van der Waals surface area contributed by atoms with Gasteiger partial charge >= 0.3 is 5.97 Å². The molecule has 1 amide bonds. The first-order valence-electron chi connectivity index (χ1n) is 11.1. The van der Waals surface area contributed by atoms with Crippen molar-refractivity contribution in [1.82, 2.24) is 14.8 Å². The third-order valence-corrected chi connectivity index (χ3v) is 7.25. The van der Waals surface area contributed by atoms with Crippen LogP contribution in [0.4, 0.5) is 5.00 Å². The summed E-state index contributed by atoms with van der Waals surface area (Å²) in [4.78, 5) is 25.3. The first-order valence-corrected chi connectivity index (χ1v) is 13.3. The molecule has 0 saturated carbocycles. The number of halogens is 1. The van der Waals surface area contributed by atoms with E-state index in [0.29, 0.717) is 44.4 Å². The van der Waals surface area contributed by atoms with Crippen LogP contribution < -0.4 is 10.1 Å². The number of allylic oxidation sites excluding steroid dienone is 1. The van der Waals surface area contributed by atoms with Gasteiger partial charge in [-0.3, -0.25) is 9.36 Å². The highest BCUT2D eigenvalue weighted by atomic mass is 35.5. The molecule has 0 spiro atoms. The maximum Gasteiger partial charge on any atom is 0.341 e. The summed E-state index contributed by atoms with van der Waals surface area (Å²) in [7, 11) is 1.32. The van der Waals surface area contributed by atoms with E-state index in [4.69, 9.17) is 21.1 Å². The van der Waals surface area contributed by atoms with Crippen LogP contribution in [0.15, 0.2) is 77.8 Å². The molecule has 0 bridgehead atoms. The van der Waals surface area contributed by atoms with Gasteiger partial charge in [0.1, 0.15) is 22.9 Å². The van der Waals surface area contributed by atoms with Gasteiger partial charge in [-0.1, -0.05) is 59.8 Å². The molecular weight excluding hydrogens is 532 g/mol. The molecule has 4 aromatic rings. The number of thiophene rings is 1. The van der Waals surface area contributed by atoms with Gasteiger partial charge < -0.3 is 14.8 Å². The summed E-state index contributed by atoms with van der Waals surface area (Å²) in [6, 6.07) is 16.5. The summed E-state index contributed by atoms with van der Waals surface area (Å²) in [6.07, 6.45) is 1.72. The Bertz CT molecular complexity index is 1390. The lowest BCUT2D eigenvalue weighted by atomic mass is 10.0. The molecule has 2 heterocycles. The zero-order chi connectivity index (χ0) is 26.2. The molecule has 0 unspecified atom stereocenters. The van der Waals surface area contributed by atoms with Crippen molar-refractivity contribution in [1.29, 1.82) is 0 Å². The lowest BCUT2D eigenvalue weighted by Gasteiger charge is -2.10. The topological polar surface area (TPSA) is 95.3 Å². The third kappa shape index (κ3) is 6.59. The first-order chi connectivity index (χ1) is 18.0. The third-order valence-electron chi connectivity index (χ3n) is 5.14. The highest BCUT2D eigenvalue weighted by molar-refractivity contribution is 7.99. The Balaban J connectivity index is 1.43. The minimum absolute atomic E-state index is 0.0620. The van der Waals surface area contributed by atoms with Crippen LogP contribution in [0.5, 0.6) is 5.75 Å². The number of thioether (sulfide) groups is 1. The fraction of sp³-hybridized carbons (Fsp3) is 0.154. The minimum Gasteiger partial charge on any atom is -0.486 e. The van der Waals surface area contributed by atoms with Crippen LogP contribution in [0.3, 0.4) is 0 Å². The summed E-state index contributed by atoms with van der Waals surface area (Å²) in [5.41, 5.74) is 1.89. The van der Waals surface area contributed by atoms with Gasteiger partial charge in [0.25, 0.3) is 0 Å². The molecule has 0 fully saturated rings. The standard InChI is InChI=1S/C26H23ClN4O4S2/c1-3-13-31-21(14-35-19-11-9-18(27)10-12-19)29-30-26(31)37-16-22(32)28-24-23(25(33)34-2)20(15-36-24)17-7-5-4-6-8-17/h3-12,15H,1,13-14,16H2,2H3,(H,28,32). The van der Waals surface area contributed by atoms with Gasteiger partial charge in [0.2, 0.25) is 5.91 Å². The highest BCUT2D eigenvalue weighted by Crippen LogP contribution is 2.36. The average molecular weight is 555 g/mol. The predicted octanol–water partition coefficient (Wildman–Crippen LogP) is 5.94. The largest absolute Gasteiger partial charge is 0.486 e. The van der Waals surface area contributed by atoms with Crippen LogP contribution in [0.1, 0.15) is 16.2 Å². The number of carbonyl (C=O) groups excluding carboxylic acids is 2. The minimum atomic E-state index is -0.515. The summed E-state index contributed by atoms with van der Waals surface area (Å²) in [6.45, 7) is 4.44. The quantitative estimate of drug-likeness (QED) is 0.139. The van der Waals surface area contributed by atoms with Crippen molar-refractivity contribution in [3.8, 4) is 16.9 Å². The number of rotatable bonds is 11. The predicted molar refractivity (Wildman–Crippen MR) is 146 cm³/mol. The smallest absolute Gasteiger partial charge is 0.341 e. The van der Waals surface area contributed by atoms with E-state index in [1.807, 2.05) is 40.3 Å². The number of anilines is 1. The molecule has 2 aromatic carbocycles. The Morgan fingerprint density at radius 1 is 1.16 bits per heavy atom. The van der Waals surface area contributed by atoms with Crippen LogP contribution in [0, 0.1) is 0 Å². The molecule has 0 aliphatic heterocycles. The number of hydrogen-bond donors (Lipinski definition) is 1. The lowest BCUT2D eigenvalue weighted by molar-refractivity contribution is -0.113. The van der Waals surface area contributed by atoms with E-state index >= 15 is 0 Å². The number of methoxy groups -OCH3 is 1. The van der Waals surface area contributed by atoms with E-state index in [0.717, 1.165) is 5.56 Å².